The molecule has 1 N–H and O–H groups in total. The van der Waals surface area contributed by atoms with Gasteiger partial charge in [0.15, 0.2) is 0 Å². The van der Waals surface area contributed by atoms with Crippen LogP contribution in [0.2, 0.25) is 0 Å². The second-order valence-corrected chi connectivity index (χ2v) is 5.46. The summed E-state index contributed by atoms with van der Waals surface area (Å²) in [5.74, 6) is 3.11. The molecule has 1 atom stereocenters. The van der Waals surface area contributed by atoms with Gasteiger partial charge in [0.1, 0.15) is 11.5 Å². The molecule has 2 aliphatic rings. The van der Waals surface area contributed by atoms with Gasteiger partial charge in [-0.1, -0.05) is 12.8 Å². The molecule has 1 aliphatic heterocycles. The molecule has 0 spiro atoms. The zero-order chi connectivity index (χ0) is 11.0. The van der Waals surface area contributed by atoms with Crippen molar-refractivity contribution in [1.29, 1.82) is 0 Å². The minimum atomic E-state index is 0.359. The molecule has 1 saturated heterocycles. The van der Waals surface area contributed by atoms with Gasteiger partial charge in [0.05, 0.1) is 0 Å². The molecule has 0 aromatic carbocycles. The van der Waals surface area contributed by atoms with E-state index in [1.165, 1.54) is 51.0 Å². The zero-order valence-electron chi connectivity index (χ0n) is 10.1. The van der Waals surface area contributed by atoms with E-state index in [1.807, 2.05) is 0 Å². The minimum absolute atomic E-state index is 0.359. The molecule has 1 aromatic rings. The van der Waals surface area contributed by atoms with Crippen LogP contribution < -0.4 is 5.32 Å². The van der Waals surface area contributed by atoms with Crippen LogP contribution in [0.15, 0.2) is 16.5 Å². The summed E-state index contributed by atoms with van der Waals surface area (Å²) in [7, 11) is 0. The monoisotopic (exact) mass is 219 g/mol. The van der Waals surface area contributed by atoms with Crippen LogP contribution in [0.4, 0.5) is 0 Å². The summed E-state index contributed by atoms with van der Waals surface area (Å²) in [5.41, 5.74) is 0.359. The van der Waals surface area contributed by atoms with Crippen molar-refractivity contribution >= 4 is 0 Å². The van der Waals surface area contributed by atoms with E-state index in [1.54, 1.807) is 0 Å². The molecule has 1 unspecified atom stereocenters. The van der Waals surface area contributed by atoms with Crippen LogP contribution in [0.3, 0.4) is 0 Å². The van der Waals surface area contributed by atoms with Crippen molar-refractivity contribution in [3.8, 4) is 0 Å². The average Bonchev–Trinajstić information content (AvgIpc) is 2.98. The van der Waals surface area contributed by atoms with Crippen LogP contribution >= 0.6 is 0 Å². The lowest BCUT2D eigenvalue weighted by Gasteiger charge is -2.33. The van der Waals surface area contributed by atoms with E-state index < -0.39 is 0 Å². The summed E-state index contributed by atoms with van der Waals surface area (Å²) in [6, 6.07) is 4.34. The van der Waals surface area contributed by atoms with Crippen molar-refractivity contribution in [3.05, 3.63) is 23.7 Å². The van der Waals surface area contributed by atoms with Crippen LogP contribution in [0.25, 0.3) is 0 Å². The molecule has 2 heteroatoms. The van der Waals surface area contributed by atoms with E-state index in [2.05, 4.69) is 24.4 Å². The summed E-state index contributed by atoms with van der Waals surface area (Å²) >= 11 is 0. The highest BCUT2D eigenvalue weighted by atomic mass is 16.3. The number of hydrogen-bond donors (Lipinski definition) is 1. The normalized spacial score (nSPS) is 28.7. The van der Waals surface area contributed by atoms with Gasteiger partial charge in [-0.2, -0.15) is 0 Å². The predicted molar refractivity (Wildman–Crippen MR) is 64.6 cm³/mol. The molecule has 2 heterocycles. The Hall–Kier alpha value is -0.760. The van der Waals surface area contributed by atoms with Gasteiger partial charge in [-0.3, -0.25) is 0 Å². The lowest BCUT2D eigenvalue weighted by molar-refractivity contribution is 0.237. The third kappa shape index (κ3) is 1.51. The Labute approximate surface area is 97.4 Å². The van der Waals surface area contributed by atoms with Crippen LogP contribution in [0.1, 0.15) is 43.6 Å². The van der Waals surface area contributed by atoms with E-state index in [0.29, 0.717) is 5.41 Å². The van der Waals surface area contributed by atoms with Crippen molar-refractivity contribution in [2.45, 2.75) is 44.4 Å². The van der Waals surface area contributed by atoms with Gasteiger partial charge in [0.25, 0.3) is 0 Å². The number of furan rings is 1. The lowest BCUT2D eigenvalue weighted by Crippen LogP contribution is -2.33. The number of nitrogens with one attached hydrogen (secondary N) is 1. The standard InChI is InChI=1S/C14H21NO/c1-11-4-5-13(16-11)14(7-2-3-8-14)12-6-9-15-10-12/h4-5,12,15H,2-3,6-10H2,1H3. The first kappa shape index (κ1) is 10.4. The van der Waals surface area contributed by atoms with Gasteiger partial charge in [-0.25, -0.2) is 0 Å². The zero-order valence-corrected chi connectivity index (χ0v) is 10.1. The minimum Gasteiger partial charge on any atom is -0.466 e. The van der Waals surface area contributed by atoms with Crippen LogP contribution in [-0.2, 0) is 5.41 Å². The molecule has 2 fully saturated rings. The third-order valence-electron chi connectivity index (χ3n) is 4.57. The highest BCUT2D eigenvalue weighted by Gasteiger charge is 2.45. The summed E-state index contributed by atoms with van der Waals surface area (Å²) in [6.07, 6.45) is 6.71. The quantitative estimate of drug-likeness (QED) is 0.827. The van der Waals surface area contributed by atoms with Crippen molar-refractivity contribution in [3.63, 3.8) is 0 Å². The van der Waals surface area contributed by atoms with Gasteiger partial charge in [-0.05, 0) is 57.3 Å². The number of rotatable bonds is 2. The highest BCUT2D eigenvalue weighted by Crippen LogP contribution is 2.49. The van der Waals surface area contributed by atoms with E-state index in [4.69, 9.17) is 4.42 Å². The molecule has 1 aromatic heterocycles. The largest absolute Gasteiger partial charge is 0.466 e. The first-order valence-corrected chi connectivity index (χ1v) is 6.59. The number of hydrogen-bond acceptors (Lipinski definition) is 2. The first-order chi connectivity index (χ1) is 7.81. The smallest absolute Gasteiger partial charge is 0.110 e. The van der Waals surface area contributed by atoms with E-state index >= 15 is 0 Å². The molecular weight excluding hydrogens is 198 g/mol. The van der Waals surface area contributed by atoms with Crippen LogP contribution in [0.5, 0.6) is 0 Å². The maximum absolute atomic E-state index is 5.96. The Morgan fingerprint density at radius 2 is 2.12 bits per heavy atom. The predicted octanol–water partition coefficient (Wildman–Crippen LogP) is 3.01. The molecule has 3 rings (SSSR count). The van der Waals surface area contributed by atoms with Crippen molar-refractivity contribution in [2.75, 3.05) is 13.1 Å². The Bertz CT molecular complexity index is 357. The van der Waals surface area contributed by atoms with Gasteiger partial charge >= 0.3 is 0 Å². The fourth-order valence-electron chi connectivity index (χ4n) is 3.69. The second kappa shape index (κ2) is 3.92. The molecule has 0 radical (unpaired) electrons. The highest BCUT2D eigenvalue weighted by molar-refractivity contribution is 5.21. The Balaban J connectivity index is 1.95. The van der Waals surface area contributed by atoms with E-state index in [9.17, 15) is 0 Å². The molecule has 16 heavy (non-hydrogen) atoms. The topological polar surface area (TPSA) is 25.2 Å². The van der Waals surface area contributed by atoms with Crippen molar-refractivity contribution < 1.29 is 4.42 Å². The molecule has 88 valence electrons. The van der Waals surface area contributed by atoms with E-state index in [-0.39, 0.29) is 0 Å². The van der Waals surface area contributed by atoms with Crippen LogP contribution in [-0.4, -0.2) is 13.1 Å². The van der Waals surface area contributed by atoms with Gasteiger partial charge in [0, 0.05) is 5.41 Å². The molecule has 1 aliphatic carbocycles. The Morgan fingerprint density at radius 3 is 2.69 bits per heavy atom. The van der Waals surface area contributed by atoms with Gasteiger partial charge in [0.2, 0.25) is 0 Å². The maximum Gasteiger partial charge on any atom is 0.110 e. The van der Waals surface area contributed by atoms with Crippen LogP contribution in [0, 0.1) is 12.8 Å². The maximum atomic E-state index is 5.96. The summed E-state index contributed by atoms with van der Waals surface area (Å²) in [5, 5.41) is 3.51. The summed E-state index contributed by atoms with van der Waals surface area (Å²) in [6.45, 7) is 4.42. The lowest BCUT2D eigenvalue weighted by atomic mass is 9.71. The average molecular weight is 219 g/mol. The fourth-order valence-corrected chi connectivity index (χ4v) is 3.69. The summed E-state index contributed by atoms with van der Waals surface area (Å²) in [4.78, 5) is 0. The fraction of sp³-hybridized carbons (Fsp3) is 0.714. The van der Waals surface area contributed by atoms with E-state index in [0.717, 1.165) is 11.7 Å². The molecule has 1 saturated carbocycles. The second-order valence-electron chi connectivity index (χ2n) is 5.46. The number of aryl methyl sites for hydroxylation is 1. The molecular formula is C14H21NO. The van der Waals surface area contributed by atoms with Crippen molar-refractivity contribution in [2.24, 2.45) is 5.92 Å². The molecule has 0 bridgehead atoms. The molecule has 2 nitrogen and oxygen atoms in total. The van der Waals surface area contributed by atoms with Gasteiger partial charge in [-0.15, -0.1) is 0 Å². The SMILES string of the molecule is Cc1ccc(C2(C3CCNC3)CCCC2)o1. The third-order valence-corrected chi connectivity index (χ3v) is 4.57. The first-order valence-electron chi connectivity index (χ1n) is 6.59. The summed E-state index contributed by atoms with van der Waals surface area (Å²) < 4.78 is 5.96. The Morgan fingerprint density at radius 1 is 1.31 bits per heavy atom. The molecule has 0 amide bonds. The Kier molecular flexibility index (Phi) is 2.55. The van der Waals surface area contributed by atoms with Gasteiger partial charge < -0.3 is 9.73 Å². The van der Waals surface area contributed by atoms with Crippen molar-refractivity contribution in [1.82, 2.24) is 5.32 Å².